The molecule has 7 nitrogen and oxygen atoms in total. The summed E-state index contributed by atoms with van der Waals surface area (Å²) >= 11 is 1.69. The van der Waals surface area contributed by atoms with Crippen LogP contribution in [0.1, 0.15) is 27.9 Å². The Morgan fingerprint density at radius 3 is 2.96 bits per heavy atom. The summed E-state index contributed by atoms with van der Waals surface area (Å²) < 4.78 is 7.87. The Bertz CT molecular complexity index is 804. The van der Waals surface area contributed by atoms with Gasteiger partial charge in [-0.15, -0.1) is 16.4 Å². The molecule has 3 aromatic rings. The van der Waals surface area contributed by atoms with Gasteiger partial charge in [-0.25, -0.2) is 4.98 Å². The van der Waals surface area contributed by atoms with E-state index in [1.165, 1.54) is 5.69 Å². The minimum Gasteiger partial charge on any atom is -0.376 e. The number of aromatic nitrogens is 5. The summed E-state index contributed by atoms with van der Waals surface area (Å²) in [7, 11) is 1.96. The lowest BCUT2D eigenvalue weighted by Crippen LogP contribution is -2.36. The van der Waals surface area contributed by atoms with Crippen molar-refractivity contribution in [1.29, 1.82) is 0 Å². The van der Waals surface area contributed by atoms with Crippen LogP contribution in [0.3, 0.4) is 0 Å². The highest BCUT2D eigenvalue weighted by Crippen LogP contribution is 2.28. The Morgan fingerprint density at radius 1 is 1.28 bits per heavy atom. The lowest BCUT2D eigenvalue weighted by molar-refractivity contribution is 0.0829. The van der Waals surface area contributed by atoms with Gasteiger partial charge in [0.2, 0.25) is 0 Å². The number of ether oxygens (including phenoxy) is 1. The maximum atomic E-state index is 5.99. The Balaban J connectivity index is 1.44. The number of thiazole rings is 1. The maximum absolute atomic E-state index is 5.99. The third-order valence-corrected chi connectivity index (χ3v) is 5.13. The first kappa shape index (κ1) is 16.3. The molecule has 0 bridgehead atoms. The number of pyridine rings is 1. The van der Waals surface area contributed by atoms with Crippen molar-refractivity contribution in [2.45, 2.75) is 25.6 Å². The van der Waals surface area contributed by atoms with Crippen molar-refractivity contribution in [3.8, 4) is 0 Å². The molecule has 0 aromatic carbocycles. The minimum atomic E-state index is 0.255. The monoisotopic (exact) mass is 356 g/mol. The largest absolute Gasteiger partial charge is 0.376 e. The maximum Gasteiger partial charge on any atom is 0.107 e. The van der Waals surface area contributed by atoms with Gasteiger partial charge in [-0.2, -0.15) is 0 Å². The van der Waals surface area contributed by atoms with Crippen LogP contribution in [-0.4, -0.2) is 43.0 Å². The van der Waals surface area contributed by atoms with Gasteiger partial charge >= 0.3 is 0 Å². The summed E-state index contributed by atoms with van der Waals surface area (Å²) in [5.41, 5.74) is 3.36. The minimum absolute atomic E-state index is 0.255. The molecule has 0 fully saturated rings. The van der Waals surface area contributed by atoms with E-state index < -0.39 is 0 Å². The Labute approximate surface area is 150 Å². The molecular formula is C17H20N6OS. The zero-order chi connectivity index (χ0) is 17.1. The molecule has 0 aliphatic carbocycles. The van der Waals surface area contributed by atoms with Gasteiger partial charge in [-0.3, -0.25) is 14.6 Å². The first-order chi connectivity index (χ1) is 12.3. The molecule has 1 aliphatic heterocycles. The van der Waals surface area contributed by atoms with E-state index >= 15 is 0 Å². The van der Waals surface area contributed by atoms with Gasteiger partial charge in [0.15, 0.2) is 0 Å². The molecular weight excluding hydrogens is 336 g/mol. The fourth-order valence-electron chi connectivity index (χ4n) is 3.27. The van der Waals surface area contributed by atoms with Gasteiger partial charge in [0.1, 0.15) is 10.7 Å². The van der Waals surface area contributed by atoms with E-state index in [4.69, 9.17) is 4.74 Å². The molecule has 0 N–H and O–H groups in total. The van der Waals surface area contributed by atoms with Crippen molar-refractivity contribution in [2.75, 3.05) is 13.2 Å². The molecule has 25 heavy (non-hydrogen) atoms. The SMILES string of the molecule is Cn1nnc2c1[C@H](COCc1ccncc1)CN(Cc1nccs1)C2. The summed E-state index contributed by atoms with van der Waals surface area (Å²) in [6, 6.07) is 3.96. The average Bonchev–Trinajstić information content (AvgIpc) is 3.26. The van der Waals surface area contributed by atoms with Gasteiger partial charge in [0.05, 0.1) is 25.5 Å². The van der Waals surface area contributed by atoms with E-state index in [-0.39, 0.29) is 5.92 Å². The Morgan fingerprint density at radius 2 is 2.16 bits per heavy atom. The molecule has 0 amide bonds. The van der Waals surface area contributed by atoms with Crippen LogP contribution >= 0.6 is 11.3 Å². The normalized spacial score (nSPS) is 17.6. The third kappa shape index (κ3) is 3.76. The zero-order valence-corrected chi connectivity index (χ0v) is 14.9. The summed E-state index contributed by atoms with van der Waals surface area (Å²) in [5, 5.41) is 11.7. The van der Waals surface area contributed by atoms with E-state index in [1.54, 1.807) is 23.7 Å². The molecule has 4 rings (SSSR count). The predicted molar refractivity (Wildman–Crippen MR) is 93.9 cm³/mol. The number of hydrogen-bond donors (Lipinski definition) is 0. The third-order valence-electron chi connectivity index (χ3n) is 4.36. The second kappa shape index (κ2) is 7.38. The van der Waals surface area contributed by atoms with Crippen LogP contribution in [0.25, 0.3) is 0 Å². The number of aryl methyl sites for hydroxylation is 1. The fraction of sp³-hybridized carbons (Fsp3) is 0.412. The van der Waals surface area contributed by atoms with E-state index in [2.05, 4.69) is 25.2 Å². The summed E-state index contributed by atoms with van der Waals surface area (Å²) in [4.78, 5) is 10.8. The molecule has 0 spiro atoms. The van der Waals surface area contributed by atoms with Crippen LogP contribution in [0.2, 0.25) is 0 Å². The van der Waals surface area contributed by atoms with Gasteiger partial charge in [-0.1, -0.05) is 5.21 Å². The highest BCUT2D eigenvalue weighted by molar-refractivity contribution is 7.09. The second-order valence-corrected chi connectivity index (χ2v) is 7.19. The molecule has 0 saturated heterocycles. The number of rotatable bonds is 6. The van der Waals surface area contributed by atoms with Crippen molar-refractivity contribution in [3.05, 3.63) is 58.1 Å². The predicted octanol–water partition coefficient (Wildman–Crippen LogP) is 1.98. The van der Waals surface area contributed by atoms with Gasteiger partial charge < -0.3 is 4.74 Å². The molecule has 1 atom stereocenters. The van der Waals surface area contributed by atoms with Gasteiger partial charge in [0, 0.05) is 50.0 Å². The molecule has 8 heteroatoms. The van der Waals surface area contributed by atoms with Crippen molar-refractivity contribution in [1.82, 2.24) is 29.9 Å². The smallest absolute Gasteiger partial charge is 0.107 e. The summed E-state index contributed by atoms with van der Waals surface area (Å²) in [5.74, 6) is 0.255. The van der Waals surface area contributed by atoms with Gasteiger partial charge in [0.25, 0.3) is 0 Å². The van der Waals surface area contributed by atoms with E-state index in [0.29, 0.717) is 13.2 Å². The quantitative estimate of drug-likeness (QED) is 0.673. The van der Waals surface area contributed by atoms with E-state index in [0.717, 1.165) is 35.9 Å². The standard InChI is InChI=1S/C17H20N6OS/c1-22-17-14(12-24-11-13-2-4-18-5-3-13)8-23(9-15(17)20-21-22)10-16-19-6-7-25-16/h2-7,14H,8-12H2,1H3/t14-/m0/s1. The lowest BCUT2D eigenvalue weighted by Gasteiger charge is -2.31. The molecule has 0 saturated carbocycles. The van der Waals surface area contributed by atoms with Gasteiger partial charge in [-0.05, 0) is 17.7 Å². The molecule has 130 valence electrons. The highest BCUT2D eigenvalue weighted by Gasteiger charge is 2.30. The zero-order valence-electron chi connectivity index (χ0n) is 14.1. The van der Waals surface area contributed by atoms with Crippen LogP contribution in [0.15, 0.2) is 36.1 Å². The number of hydrogen-bond acceptors (Lipinski definition) is 7. The Hall–Kier alpha value is -2.16. The van der Waals surface area contributed by atoms with Crippen LogP contribution in [0.5, 0.6) is 0 Å². The number of nitrogens with zero attached hydrogens (tertiary/aromatic N) is 6. The molecule has 4 heterocycles. The Kier molecular flexibility index (Phi) is 4.82. The number of fused-ring (bicyclic) bond motifs is 1. The van der Waals surface area contributed by atoms with E-state index in [9.17, 15) is 0 Å². The molecule has 3 aromatic heterocycles. The summed E-state index contributed by atoms with van der Waals surface area (Å²) in [6.45, 7) is 3.80. The first-order valence-electron chi connectivity index (χ1n) is 8.25. The van der Waals surface area contributed by atoms with Crippen molar-refractivity contribution < 1.29 is 4.74 Å². The lowest BCUT2D eigenvalue weighted by atomic mass is 9.99. The van der Waals surface area contributed by atoms with Crippen molar-refractivity contribution in [2.24, 2.45) is 7.05 Å². The van der Waals surface area contributed by atoms with E-state index in [1.807, 2.05) is 35.4 Å². The summed E-state index contributed by atoms with van der Waals surface area (Å²) in [6.07, 6.45) is 5.43. The average molecular weight is 356 g/mol. The highest BCUT2D eigenvalue weighted by atomic mass is 32.1. The van der Waals surface area contributed by atoms with Crippen LogP contribution in [0.4, 0.5) is 0 Å². The van der Waals surface area contributed by atoms with Crippen LogP contribution in [-0.2, 0) is 31.5 Å². The van der Waals surface area contributed by atoms with Crippen LogP contribution in [0, 0.1) is 0 Å². The van der Waals surface area contributed by atoms with Crippen LogP contribution < -0.4 is 0 Å². The second-order valence-electron chi connectivity index (χ2n) is 6.21. The first-order valence-corrected chi connectivity index (χ1v) is 9.13. The molecule has 1 aliphatic rings. The van der Waals surface area contributed by atoms with Crippen molar-refractivity contribution in [3.63, 3.8) is 0 Å². The van der Waals surface area contributed by atoms with Crippen molar-refractivity contribution >= 4 is 11.3 Å². The molecule has 0 unspecified atom stereocenters. The fourth-order valence-corrected chi connectivity index (χ4v) is 3.92. The molecule has 0 radical (unpaired) electrons. The topological polar surface area (TPSA) is 69.0 Å².